The average molecular weight is 238 g/mol. The maximum Gasteiger partial charge on any atom is 0.225 e. The Kier molecular flexibility index (Phi) is 4.43. The fourth-order valence-corrected chi connectivity index (χ4v) is 3.14. The third-order valence-electron chi connectivity index (χ3n) is 4.35. The summed E-state index contributed by atoms with van der Waals surface area (Å²) in [5.41, 5.74) is 0. The van der Waals surface area contributed by atoms with Crippen molar-refractivity contribution in [3.8, 4) is 0 Å². The molecule has 0 aromatic rings. The van der Waals surface area contributed by atoms with Crippen LogP contribution in [0.5, 0.6) is 0 Å². The zero-order valence-electron chi connectivity index (χ0n) is 11.3. The van der Waals surface area contributed by atoms with Crippen LogP contribution in [0.4, 0.5) is 0 Å². The Hall–Kier alpha value is -0.570. The van der Waals surface area contributed by atoms with E-state index in [0.29, 0.717) is 17.7 Å². The van der Waals surface area contributed by atoms with E-state index in [9.17, 15) is 4.79 Å². The van der Waals surface area contributed by atoms with E-state index in [1.165, 1.54) is 12.8 Å². The first-order valence-corrected chi connectivity index (χ1v) is 7.21. The summed E-state index contributed by atoms with van der Waals surface area (Å²) in [5.74, 6) is 1.44. The first kappa shape index (κ1) is 12.9. The Balaban J connectivity index is 1.83. The van der Waals surface area contributed by atoms with Crippen LogP contribution in [0.2, 0.25) is 0 Å². The van der Waals surface area contributed by atoms with Crippen LogP contribution in [0.15, 0.2) is 0 Å². The van der Waals surface area contributed by atoms with Crippen molar-refractivity contribution in [1.82, 2.24) is 9.80 Å². The van der Waals surface area contributed by atoms with E-state index in [-0.39, 0.29) is 0 Å². The summed E-state index contributed by atoms with van der Waals surface area (Å²) in [6.07, 6.45) is 4.62. The molecule has 2 aliphatic heterocycles. The van der Waals surface area contributed by atoms with E-state index < -0.39 is 0 Å². The third kappa shape index (κ3) is 3.21. The second kappa shape index (κ2) is 5.85. The lowest BCUT2D eigenvalue weighted by atomic mass is 9.93. The van der Waals surface area contributed by atoms with E-state index in [2.05, 4.69) is 23.6 Å². The summed E-state index contributed by atoms with van der Waals surface area (Å²) in [5, 5.41) is 0. The van der Waals surface area contributed by atoms with E-state index in [1.807, 2.05) is 0 Å². The number of likely N-dealkylation sites (tertiary alicyclic amines) is 2. The second-order valence-corrected chi connectivity index (χ2v) is 5.74. The van der Waals surface area contributed by atoms with Crippen molar-refractivity contribution in [2.24, 2.45) is 11.8 Å². The lowest BCUT2D eigenvalue weighted by Gasteiger charge is -2.36. The van der Waals surface area contributed by atoms with Gasteiger partial charge in [-0.25, -0.2) is 0 Å². The fourth-order valence-electron chi connectivity index (χ4n) is 3.14. The van der Waals surface area contributed by atoms with Crippen molar-refractivity contribution in [3.63, 3.8) is 0 Å². The Morgan fingerprint density at radius 3 is 2.47 bits per heavy atom. The van der Waals surface area contributed by atoms with Crippen LogP contribution in [0.25, 0.3) is 0 Å². The summed E-state index contributed by atoms with van der Waals surface area (Å²) in [6, 6.07) is 0. The molecule has 2 rings (SSSR count). The number of nitrogens with zero attached hydrogens (tertiary/aromatic N) is 2. The molecule has 2 fully saturated rings. The standard InChI is InChI=1S/C14H26N2O/c1-3-15-9-6-13(7-10-15)14(17)16-8-4-5-12(2)11-16/h12-13H,3-11H2,1-2H3. The number of carbonyl (C=O) groups excluding carboxylic acids is 1. The topological polar surface area (TPSA) is 23.6 Å². The summed E-state index contributed by atoms with van der Waals surface area (Å²) < 4.78 is 0. The van der Waals surface area contributed by atoms with Crippen LogP contribution in [0, 0.1) is 11.8 Å². The van der Waals surface area contributed by atoms with Gasteiger partial charge in [0.1, 0.15) is 0 Å². The van der Waals surface area contributed by atoms with Crippen molar-refractivity contribution < 1.29 is 4.79 Å². The van der Waals surface area contributed by atoms with Crippen molar-refractivity contribution >= 4 is 5.91 Å². The molecular weight excluding hydrogens is 212 g/mol. The fraction of sp³-hybridized carbons (Fsp3) is 0.929. The summed E-state index contributed by atoms with van der Waals surface area (Å²) in [6.45, 7) is 9.80. The largest absolute Gasteiger partial charge is 0.342 e. The molecule has 2 saturated heterocycles. The van der Waals surface area contributed by atoms with Gasteiger partial charge in [-0.05, 0) is 51.2 Å². The van der Waals surface area contributed by atoms with Gasteiger partial charge in [0.2, 0.25) is 5.91 Å². The van der Waals surface area contributed by atoms with Gasteiger partial charge in [0.25, 0.3) is 0 Å². The van der Waals surface area contributed by atoms with Gasteiger partial charge in [-0.15, -0.1) is 0 Å². The molecule has 0 spiro atoms. The predicted octanol–water partition coefficient (Wildman–Crippen LogP) is 1.98. The highest BCUT2D eigenvalue weighted by Crippen LogP contribution is 2.23. The van der Waals surface area contributed by atoms with E-state index >= 15 is 0 Å². The minimum atomic E-state index is 0.308. The normalized spacial score (nSPS) is 28.4. The van der Waals surface area contributed by atoms with Crippen LogP contribution >= 0.6 is 0 Å². The van der Waals surface area contributed by atoms with Gasteiger partial charge in [-0.2, -0.15) is 0 Å². The van der Waals surface area contributed by atoms with Crippen molar-refractivity contribution in [1.29, 1.82) is 0 Å². The molecule has 0 aromatic heterocycles. The number of amides is 1. The first-order chi connectivity index (χ1) is 8.20. The molecule has 3 heteroatoms. The SMILES string of the molecule is CCN1CCC(C(=O)N2CCCC(C)C2)CC1. The molecule has 2 heterocycles. The van der Waals surface area contributed by atoms with Gasteiger partial charge >= 0.3 is 0 Å². The molecule has 2 aliphatic rings. The third-order valence-corrected chi connectivity index (χ3v) is 4.35. The van der Waals surface area contributed by atoms with E-state index in [4.69, 9.17) is 0 Å². The Morgan fingerprint density at radius 1 is 1.18 bits per heavy atom. The predicted molar refractivity (Wildman–Crippen MR) is 69.8 cm³/mol. The number of hydrogen-bond donors (Lipinski definition) is 0. The minimum Gasteiger partial charge on any atom is -0.342 e. The molecule has 0 saturated carbocycles. The van der Waals surface area contributed by atoms with Crippen LogP contribution in [-0.2, 0) is 4.79 Å². The van der Waals surface area contributed by atoms with Crippen LogP contribution in [0.1, 0.15) is 39.5 Å². The van der Waals surface area contributed by atoms with Gasteiger partial charge in [0.05, 0.1) is 0 Å². The number of piperidine rings is 2. The van der Waals surface area contributed by atoms with Gasteiger partial charge < -0.3 is 9.80 Å². The molecule has 0 aromatic carbocycles. The molecular formula is C14H26N2O. The molecule has 3 nitrogen and oxygen atoms in total. The zero-order chi connectivity index (χ0) is 12.3. The molecule has 0 radical (unpaired) electrons. The quantitative estimate of drug-likeness (QED) is 0.734. The van der Waals surface area contributed by atoms with Gasteiger partial charge in [0, 0.05) is 19.0 Å². The highest BCUT2D eigenvalue weighted by Gasteiger charge is 2.29. The molecule has 1 amide bonds. The van der Waals surface area contributed by atoms with Gasteiger partial charge in [0.15, 0.2) is 0 Å². The molecule has 17 heavy (non-hydrogen) atoms. The zero-order valence-corrected chi connectivity index (χ0v) is 11.3. The summed E-state index contributed by atoms with van der Waals surface area (Å²) in [7, 11) is 0. The Morgan fingerprint density at radius 2 is 1.88 bits per heavy atom. The van der Waals surface area contributed by atoms with Crippen molar-refractivity contribution in [2.75, 3.05) is 32.7 Å². The lowest BCUT2D eigenvalue weighted by Crippen LogP contribution is -2.45. The maximum atomic E-state index is 12.4. The van der Waals surface area contributed by atoms with Crippen LogP contribution < -0.4 is 0 Å². The van der Waals surface area contributed by atoms with E-state index in [1.54, 1.807) is 0 Å². The highest BCUT2D eigenvalue weighted by atomic mass is 16.2. The lowest BCUT2D eigenvalue weighted by molar-refractivity contribution is -0.138. The molecule has 1 unspecified atom stereocenters. The van der Waals surface area contributed by atoms with Crippen LogP contribution in [0.3, 0.4) is 0 Å². The van der Waals surface area contributed by atoms with Crippen LogP contribution in [-0.4, -0.2) is 48.4 Å². The summed E-state index contributed by atoms with van der Waals surface area (Å²) in [4.78, 5) is 17.0. The second-order valence-electron chi connectivity index (χ2n) is 5.74. The summed E-state index contributed by atoms with van der Waals surface area (Å²) >= 11 is 0. The first-order valence-electron chi connectivity index (χ1n) is 7.21. The average Bonchev–Trinajstić information content (AvgIpc) is 2.38. The smallest absolute Gasteiger partial charge is 0.225 e. The van der Waals surface area contributed by atoms with Gasteiger partial charge in [-0.3, -0.25) is 4.79 Å². The number of hydrogen-bond acceptors (Lipinski definition) is 2. The van der Waals surface area contributed by atoms with E-state index in [0.717, 1.165) is 45.6 Å². The Labute approximate surface area is 105 Å². The van der Waals surface area contributed by atoms with Crippen molar-refractivity contribution in [3.05, 3.63) is 0 Å². The molecule has 0 bridgehead atoms. The number of rotatable bonds is 2. The van der Waals surface area contributed by atoms with Crippen molar-refractivity contribution in [2.45, 2.75) is 39.5 Å². The molecule has 1 atom stereocenters. The van der Waals surface area contributed by atoms with Gasteiger partial charge in [-0.1, -0.05) is 13.8 Å². The molecule has 0 aliphatic carbocycles. The molecule has 0 N–H and O–H groups in total. The molecule has 98 valence electrons. The minimum absolute atomic E-state index is 0.308. The highest BCUT2D eigenvalue weighted by molar-refractivity contribution is 5.79. The Bertz CT molecular complexity index is 259. The monoisotopic (exact) mass is 238 g/mol. The number of carbonyl (C=O) groups is 1. The maximum absolute atomic E-state index is 12.4.